The van der Waals surface area contributed by atoms with Gasteiger partial charge in [-0.3, -0.25) is 10.1 Å². The van der Waals surface area contributed by atoms with Crippen LogP contribution < -0.4 is 10.6 Å². The number of hydrogen-bond donors (Lipinski definition) is 3. The number of fused-ring (bicyclic) bond motifs is 1. The van der Waals surface area contributed by atoms with Gasteiger partial charge in [-0.1, -0.05) is 18.2 Å². The molecule has 3 aromatic rings. The fourth-order valence-electron chi connectivity index (χ4n) is 4.10. The number of para-hydroxylation sites is 1. The molecule has 1 aromatic carbocycles. The van der Waals surface area contributed by atoms with E-state index in [4.69, 9.17) is 0 Å². The van der Waals surface area contributed by atoms with E-state index < -0.39 is 23.2 Å². The second-order valence-corrected chi connectivity index (χ2v) is 8.41. The van der Waals surface area contributed by atoms with Gasteiger partial charge in [-0.25, -0.2) is 18.7 Å². The van der Waals surface area contributed by atoms with Crippen LogP contribution in [0.2, 0.25) is 0 Å². The maximum atomic E-state index is 14.6. The summed E-state index contributed by atoms with van der Waals surface area (Å²) in [7, 11) is 5.51. The summed E-state index contributed by atoms with van der Waals surface area (Å²) in [5, 5.41) is 18.4. The zero-order valence-corrected chi connectivity index (χ0v) is 19.0. The van der Waals surface area contributed by atoms with Crippen LogP contribution in [0.25, 0.3) is 22.2 Å². The minimum Gasteiger partial charge on any atom is -0.358 e. The van der Waals surface area contributed by atoms with Gasteiger partial charge in [-0.05, 0) is 46.3 Å². The van der Waals surface area contributed by atoms with E-state index >= 15 is 0 Å². The largest absolute Gasteiger partial charge is 0.358 e. The number of allylic oxidation sites excluding steroid dienone is 1. The van der Waals surface area contributed by atoms with Crippen molar-refractivity contribution in [3.05, 3.63) is 76.3 Å². The van der Waals surface area contributed by atoms with Gasteiger partial charge in [0.15, 0.2) is 5.82 Å². The molecule has 4 rings (SSSR count). The van der Waals surface area contributed by atoms with Crippen LogP contribution >= 0.6 is 0 Å². The van der Waals surface area contributed by atoms with Crippen molar-refractivity contribution in [1.82, 2.24) is 25.2 Å². The lowest BCUT2D eigenvalue weighted by Crippen LogP contribution is -2.56. The third-order valence-corrected chi connectivity index (χ3v) is 6.01. The zero-order chi connectivity index (χ0) is 24.5. The number of hydrogen-bond acceptors (Lipinski definition) is 7. The van der Waals surface area contributed by atoms with E-state index in [2.05, 4.69) is 25.6 Å². The monoisotopic (exact) mass is 469 g/mol. The molecule has 1 aliphatic carbocycles. The lowest BCUT2D eigenvalue weighted by atomic mass is 9.82. The van der Waals surface area contributed by atoms with E-state index in [1.165, 1.54) is 24.4 Å². The highest BCUT2D eigenvalue weighted by atomic mass is 19.1. The summed E-state index contributed by atoms with van der Waals surface area (Å²) in [6, 6.07) is 3.47. The van der Waals surface area contributed by atoms with Crippen molar-refractivity contribution in [3.8, 4) is 11.3 Å². The molecule has 2 aromatic heterocycles. The third-order valence-electron chi connectivity index (χ3n) is 6.01. The highest BCUT2D eigenvalue weighted by molar-refractivity contribution is 5.95. The molecule has 2 heterocycles. The molecule has 0 fully saturated rings. The predicted octanol–water partition coefficient (Wildman–Crippen LogP) is 3.32. The number of rotatable bonds is 8. The fraction of sp³-hybridized carbons (Fsp3) is 0.304. The maximum absolute atomic E-state index is 14.6. The molecule has 0 bridgehead atoms. The average molecular weight is 469 g/mol. The van der Waals surface area contributed by atoms with Gasteiger partial charge in [0.2, 0.25) is 5.95 Å². The highest BCUT2D eigenvalue weighted by Gasteiger charge is 2.44. The molecule has 2 unspecified atom stereocenters. The molecule has 0 spiro atoms. The van der Waals surface area contributed by atoms with Gasteiger partial charge in [-0.2, -0.15) is 0 Å². The van der Waals surface area contributed by atoms with Gasteiger partial charge in [0.1, 0.15) is 17.1 Å². The van der Waals surface area contributed by atoms with Gasteiger partial charge in [0, 0.05) is 33.8 Å². The van der Waals surface area contributed by atoms with Gasteiger partial charge in [0.05, 0.1) is 11.7 Å². The molecular weight excluding hydrogens is 444 g/mol. The molecule has 11 heteroatoms. The van der Waals surface area contributed by atoms with Crippen LogP contribution in [-0.2, 0) is 0 Å². The molecule has 0 amide bonds. The Kier molecular flexibility index (Phi) is 6.40. The quantitative estimate of drug-likeness (QED) is 0.343. The molecule has 1 aliphatic rings. The Morgan fingerprint density at radius 3 is 2.79 bits per heavy atom. The summed E-state index contributed by atoms with van der Waals surface area (Å²) < 4.78 is 28.7. The number of aromatic amines is 1. The van der Waals surface area contributed by atoms with E-state index in [1.807, 2.05) is 19.0 Å². The summed E-state index contributed by atoms with van der Waals surface area (Å²) in [4.78, 5) is 24.6. The van der Waals surface area contributed by atoms with Crippen molar-refractivity contribution in [2.45, 2.75) is 18.0 Å². The first-order valence-electron chi connectivity index (χ1n) is 10.7. The standard InChI is InChI=1S/C23H25F2N7O2/c1-26-23(9-10-31(2)3)8-7-14(11-19(23)32(33)34)29-22-28-13-18(25)21(30-22)16-12-27-20-15(16)5-4-6-17(20)24/h4-8,11-13,19,26-27H,9-10H2,1-3H3,(H,28,29,30). The minimum absolute atomic E-state index is 0.0175. The summed E-state index contributed by atoms with van der Waals surface area (Å²) >= 11 is 0. The molecule has 0 saturated carbocycles. The van der Waals surface area contributed by atoms with Crippen LogP contribution in [0.5, 0.6) is 0 Å². The summed E-state index contributed by atoms with van der Waals surface area (Å²) in [6.07, 6.45) is 8.00. The van der Waals surface area contributed by atoms with Crippen LogP contribution in [0.4, 0.5) is 14.7 Å². The number of halogens is 2. The summed E-state index contributed by atoms with van der Waals surface area (Å²) in [5.41, 5.74) is 0.169. The molecule has 2 atom stereocenters. The van der Waals surface area contributed by atoms with Crippen molar-refractivity contribution < 1.29 is 13.7 Å². The van der Waals surface area contributed by atoms with E-state index in [0.29, 0.717) is 29.6 Å². The van der Waals surface area contributed by atoms with Crippen LogP contribution in [0.15, 0.2) is 54.5 Å². The van der Waals surface area contributed by atoms with Crippen molar-refractivity contribution >= 4 is 16.9 Å². The zero-order valence-electron chi connectivity index (χ0n) is 19.0. The Bertz CT molecular complexity index is 1290. The molecule has 9 nitrogen and oxygen atoms in total. The predicted molar refractivity (Wildman–Crippen MR) is 126 cm³/mol. The van der Waals surface area contributed by atoms with Crippen LogP contribution in [-0.4, -0.2) is 64.0 Å². The Labute approximate surface area is 194 Å². The van der Waals surface area contributed by atoms with Crippen LogP contribution in [0.1, 0.15) is 6.42 Å². The van der Waals surface area contributed by atoms with Crippen LogP contribution in [0, 0.1) is 21.7 Å². The number of nitro groups is 1. The average Bonchev–Trinajstić information content (AvgIpc) is 3.25. The SMILES string of the molecule is CNC1(CCN(C)C)C=CC(Nc2ncc(F)c(-c3c[nH]c4c(F)cccc34)n2)=CC1[N+](=O)[O-]. The van der Waals surface area contributed by atoms with Crippen molar-refractivity contribution in [2.75, 3.05) is 33.0 Å². The molecule has 0 radical (unpaired) electrons. The first-order valence-corrected chi connectivity index (χ1v) is 10.7. The van der Waals surface area contributed by atoms with Crippen molar-refractivity contribution in [3.63, 3.8) is 0 Å². The number of H-pyrrole nitrogens is 1. The first-order chi connectivity index (χ1) is 16.2. The first kappa shape index (κ1) is 23.5. The van der Waals surface area contributed by atoms with E-state index in [-0.39, 0.29) is 22.1 Å². The molecule has 178 valence electrons. The number of aromatic nitrogens is 3. The Balaban J connectivity index is 1.64. The van der Waals surface area contributed by atoms with E-state index in [9.17, 15) is 18.9 Å². The lowest BCUT2D eigenvalue weighted by molar-refractivity contribution is -0.519. The number of benzene rings is 1. The molecule has 0 saturated heterocycles. The number of nitrogens with one attached hydrogen (secondary N) is 3. The summed E-state index contributed by atoms with van der Waals surface area (Å²) in [6.45, 7) is 0.655. The van der Waals surface area contributed by atoms with Gasteiger partial charge in [0.25, 0.3) is 6.04 Å². The highest BCUT2D eigenvalue weighted by Crippen LogP contribution is 2.31. The lowest BCUT2D eigenvalue weighted by Gasteiger charge is -2.35. The van der Waals surface area contributed by atoms with Gasteiger partial charge in [-0.15, -0.1) is 0 Å². The second-order valence-electron chi connectivity index (χ2n) is 8.41. The van der Waals surface area contributed by atoms with E-state index in [0.717, 1.165) is 6.20 Å². The Hall–Kier alpha value is -3.70. The van der Waals surface area contributed by atoms with Crippen molar-refractivity contribution in [1.29, 1.82) is 0 Å². The molecule has 34 heavy (non-hydrogen) atoms. The van der Waals surface area contributed by atoms with E-state index in [1.54, 1.807) is 25.3 Å². The molecule has 3 N–H and O–H groups in total. The Morgan fingerprint density at radius 2 is 2.09 bits per heavy atom. The summed E-state index contributed by atoms with van der Waals surface area (Å²) in [5.74, 6) is -1.07. The number of nitrogens with zero attached hydrogens (tertiary/aromatic N) is 4. The number of anilines is 1. The van der Waals surface area contributed by atoms with Crippen LogP contribution in [0.3, 0.4) is 0 Å². The second kappa shape index (κ2) is 9.27. The van der Waals surface area contributed by atoms with Gasteiger partial charge < -0.3 is 20.5 Å². The maximum Gasteiger partial charge on any atom is 0.254 e. The minimum atomic E-state index is -1.04. The topological polar surface area (TPSA) is 112 Å². The normalized spacial score (nSPS) is 20.1. The Morgan fingerprint density at radius 1 is 1.29 bits per heavy atom. The third kappa shape index (κ3) is 4.39. The van der Waals surface area contributed by atoms with Gasteiger partial charge >= 0.3 is 0 Å². The fourth-order valence-corrected chi connectivity index (χ4v) is 4.10. The van der Waals surface area contributed by atoms with Crippen molar-refractivity contribution in [2.24, 2.45) is 0 Å². The molecular formula is C23H25F2N7O2. The smallest absolute Gasteiger partial charge is 0.254 e. The molecule has 0 aliphatic heterocycles. The number of likely N-dealkylation sites (N-methyl/N-ethyl adjacent to an activating group) is 1.